The first-order chi connectivity index (χ1) is 7.11. The molecular weight excluding hydrogens is 235 g/mol. The van der Waals surface area contributed by atoms with Gasteiger partial charge in [-0.3, -0.25) is 0 Å². The zero-order chi connectivity index (χ0) is 12.6. The van der Waals surface area contributed by atoms with Crippen LogP contribution < -0.4 is 0 Å². The van der Waals surface area contributed by atoms with E-state index >= 15 is 0 Å². The lowest BCUT2D eigenvalue weighted by Gasteiger charge is -2.28. The summed E-state index contributed by atoms with van der Waals surface area (Å²) in [4.78, 5) is 0. The molecule has 1 heterocycles. The van der Waals surface area contributed by atoms with Gasteiger partial charge in [-0.15, -0.1) is 0 Å². The summed E-state index contributed by atoms with van der Waals surface area (Å²) in [5.41, 5.74) is 0.148. The summed E-state index contributed by atoms with van der Waals surface area (Å²) in [6.45, 7) is 5.23. The molecule has 0 saturated carbocycles. The first-order valence-corrected chi connectivity index (χ1v) is 8.38. The Labute approximate surface area is 94.2 Å². The van der Waals surface area contributed by atoms with E-state index in [1.54, 1.807) is 39.0 Å². The van der Waals surface area contributed by atoms with E-state index in [0.717, 1.165) is 0 Å². The summed E-state index contributed by atoms with van der Waals surface area (Å²) in [5, 5.41) is 0. The number of alkyl halides is 3. The van der Waals surface area contributed by atoms with Gasteiger partial charge in [-0.2, -0.15) is 13.2 Å². The number of nitrogens with zero attached hydrogens (tertiary/aromatic N) is 1. The molecule has 0 spiro atoms. The van der Waals surface area contributed by atoms with E-state index in [4.69, 9.17) is 4.43 Å². The maximum Gasteiger partial charge on any atom is 0.419 e. The number of hydrogen-bond acceptors (Lipinski definition) is 1. The SMILES string of the molecule is Cn1cccc1C(O[Si](C)(C)C)C(F)(F)F. The predicted molar refractivity (Wildman–Crippen MR) is 58.6 cm³/mol. The van der Waals surface area contributed by atoms with Crippen LogP contribution in [0.4, 0.5) is 13.2 Å². The van der Waals surface area contributed by atoms with Gasteiger partial charge in [-0.05, 0) is 31.8 Å². The minimum atomic E-state index is -4.37. The van der Waals surface area contributed by atoms with Crippen LogP contribution in [0.25, 0.3) is 0 Å². The van der Waals surface area contributed by atoms with Crippen LogP contribution in [0.1, 0.15) is 11.8 Å². The highest BCUT2D eigenvalue weighted by atomic mass is 28.4. The minimum Gasteiger partial charge on any atom is -0.402 e. The number of aromatic nitrogens is 1. The number of hydrogen-bond donors (Lipinski definition) is 0. The highest BCUT2D eigenvalue weighted by Crippen LogP contribution is 2.37. The average molecular weight is 251 g/mol. The predicted octanol–water partition coefficient (Wildman–Crippen LogP) is 3.48. The van der Waals surface area contributed by atoms with Crippen LogP contribution in [0.15, 0.2) is 18.3 Å². The van der Waals surface area contributed by atoms with E-state index in [1.807, 2.05) is 0 Å². The van der Waals surface area contributed by atoms with Crippen LogP contribution in [0.5, 0.6) is 0 Å². The first kappa shape index (κ1) is 13.3. The molecule has 0 fully saturated rings. The maximum absolute atomic E-state index is 12.9. The second-order valence-electron chi connectivity index (χ2n) is 4.70. The zero-order valence-corrected chi connectivity index (χ0v) is 10.8. The fourth-order valence-electron chi connectivity index (χ4n) is 1.40. The first-order valence-electron chi connectivity index (χ1n) is 4.97. The van der Waals surface area contributed by atoms with Crippen molar-refractivity contribution < 1.29 is 17.6 Å². The number of rotatable bonds is 3. The summed E-state index contributed by atoms with van der Waals surface area (Å²) in [7, 11) is -0.658. The Balaban J connectivity index is 3.03. The Morgan fingerprint density at radius 2 is 1.88 bits per heavy atom. The molecule has 0 aliphatic rings. The summed E-state index contributed by atoms with van der Waals surface area (Å²) < 4.78 is 45.3. The summed E-state index contributed by atoms with van der Waals surface area (Å²) >= 11 is 0. The molecule has 0 aromatic carbocycles. The molecule has 1 aromatic rings. The monoisotopic (exact) mass is 251 g/mol. The Kier molecular flexibility index (Phi) is 3.54. The third-order valence-corrected chi connectivity index (χ3v) is 2.96. The van der Waals surface area contributed by atoms with Crippen molar-refractivity contribution >= 4 is 8.32 Å². The molecule has 0 amide bonds. The molecule has 0 aliphatic carbocycles. The van der Waals surface area contributed by atoms with Crippen LogP contribution in [0.2, 0.25) is 19.6 Å². The third kappa shape index (κ3) is 3.38. The van der Waals surface area contributed by atoms with Crippen LogP contribution in [0.3, 0.4) is 0 Å². The van der Waals surface area contributed by atoms with Gasteiger partial charge in [0.15, 0.2) is 14.4 Å². The largest absolute Gasteiger partial charge is 0.419 e. The third-order valence-electron chi connectivity index (χ3n) is 2.02. The standard InChI is InChI=1S/C10H16F3NOSi/c1-14-7-5-6-8(14)9(10(11,12)13)15-16(2,3)4/h5-7,9H,1-4H3. The molecule has 1 atom stereocenters. The summed E-state index contributed by atoms with van der Waals surface area (Å²) in [6, 6.07) is 3.03. The molecule has 92 valence electrons. The van der Waals surface area contributed by atoms with Crippen LogP contribution >= 0.6 is 0 Å². The Hall–Kier alpha value is -0.753. The van der Waals surface area contributed by atoms with Gasteiger partial charge in [0.1, 0.15) is 0 Å². The van der Waals surface area contributed by atoms with E-state index in [9.17, 15) is 13.2 Å². The van der Waals surface area contributed by atoms with Crippen molar-refractivity contribution in [1.82, 2.24) is 4.57 Å². The maximum atomic E-state index is 12.9. The Bertz CT molecular complexity index is 354. The topological polar surface area (TPSA) is 14.2 Å². The van der Waals surface area contributed by atoms with Crippen molar-refractivity contribution in [1.29, 1.82) is 0 Å². The molecule has 16 heavy (non-hydrogen) atoms. The second kappa shape index (κ2) is 4.25. The van der Waals surface area contributed by atoms with E-state index in [-0.39, 0.29) is 5.69 Å². The molecule has 0 saturated heterocycles. The van der Waals surface area contributed by atoms with Crippen molar-refractivity contribution in [3.05, 3.63) is 24.0 Å². The molecule has 0 aliphatic heterocycles. The average Bonchev–Trinajstić information content (AvgIpc) is 2.43. The van der Waals surface area contributed by atoms with Crippen molar-refractivity contribution in [2.24, 2.45) is 7.05 Å². The van der Waals surface area contributed by atoms with Gasteiger partial charge in [0.2, 0.25) is 0 Å². The zero-order valence-electron chi connectivity index (χ0n) is 9.80. The molecule has 0 N–H and O–H groups in total. The van der Waals surface area contributed by atoms with Gasteiger partial charge in [0, 0.05) is 13.2 Å². The molecule has 1 unspecified atom stereocenters. The fourth-order valence-corrected chi connectivity index (χ4v) is 2.36. The van der Waals surface area contributed by atoms with E-state index in [0.29, 0.717) is 0 Å². The highest BCUT2D eigenvalue weighted by molar-refractivity contribution is 6.69. The van der Waals surface area contributed by atoms with Crippen LogP contribution in [0, 0.1) is 0 Å². The minimum absolute atomic E-state index is 0.148. The Morgan fingerprint density at radius 3 is 2.19 bits per heavy atom. The van der Waals surface area contributed by atoms with E-state index in [2.05, 4.69) is 0 Å². The summed E-state index contributed by atoms with van der Waals surface area (Å²) in [5.74, 6) is 0. The van der Waals surface area contributed by atoms with Crippen LogP contribution in [-0.4, -0.2) is 19.1 Å². The van der Waals surface area contributed by atoms with Gasteiger partial charge >= 0.3 is 6.18 Å². The smallest absolute Gasteiger partial charge is 0.402 e. The quantitative estimate of drug-likeness (QED) is 0.750. The van der Waals surface area contributed by atoms with Gasteiger partial charge in [-0.25, -0.2) is 0 Å². The fraction of sp³-hybridized carbons (Fsp3) is 0.600. The van der Waals surface area contributed by atoms with Crippen molar-refractivity contribution in [2.45, 2.75) is 31.9 Å². The molecule has 6 heteroatoms. The van der Waals surface area contributed by atoms with Gasteiger partial charge in [0.05, 0.1) is 5.69 Å². The normalized spacial score (nSPS) is 15.2. The van der Waals surface area contributed by atoms with Crippen molar-refractivity contribution in [3.63, 3.8) is 0 Å². The molecule has 0 radical (unpaired) electrons. The lowest BCUT2D eigenvalue weighted by atomic mass is 10.2. The van der Waals surface area contributed by atoms with Crippen molar-refractivity contribution in [3.8, 4) is 0 Å². The lowest BCUT2D eigenvalue weighted by molar-refractivity contribution is -0.202. The summed E-state index contributed by atoms with van der Waals surface area (Å²) in [6.07, 6.45) is -4.60. The van der Waals surface area contributed by atoms with E-state index in [1.165, 1.54) is 10.6 Å². The van der Waals surface area contributed by atoms with Gasteiger partial charge in [0.25, 0.3) is 0 Å². The van der Waals surface area contributed by atoms with Gasteiger partial charge in [-0.1, -0.05) is 0 Å². The molecular formula is C10H16F3NOSi. The van der Waals surface area contributed by atoms with Crippen LogP contribution in [-0.2, 0) is 11.5 Å². The number of halogens is 3. The molecule has 1 aromatic heterocycles. The molecule has 1 rings (SSSR count). The lowest BCUT2D eigenvalue weighted by Crippen LogP contribution is -2.35. The Morgan fingerprint density at radius 1 is 1.31 bits per heavy atom. The molecule has 0 bridgehead atoms. The number of aryl methyl sites for hydroxylation is 1. The molecule has 2 nitrogen and oxygen atoms in total. The highest BCUT2D eigenvalue weighted by Gasteiger charge is 2.45. The second-order valence-corrected chi connectivity index (χ2v) is 9.16. The van der Waals surface area contributed by atoms with Crippen molar-refractivity contribution in [2.75, 3.05) is 0 Å². The van der Waals surface area contributed by atoms with E-state index < -0.39 is 20.6 Å². The van der Waals surface area contributed by atoms with Gasteiger partial charge < -0.3 is 8.99 Å².